The number of anilines is 1. The highest BCUT2D eigenvalue weighted by Crippen LogP contribution is 2.59. The first-order valence-corrected chi connectivity index (χ1v) is 11.5. The second-order valence-electron chi connectivity index (χ2n) is 8.65. The Morgan fingerprint density at radius 2 is 1.81 bits per heavy atom. The lowest BCUT2D eigenvalue weighted by Crippen LogP contribution is -2.35. The van der Waals surface area contributed by atoms with Crippen molar-refractivity contribution in [3.63, 3.8) is 0 Å². The van der Waals surface area contributed by atoms with E-state index in [1.165, 1.54) is 5.56 Å². The van der Waals surface area contributed by atoms with Crippen molar-refractivity contribution in [3.8, 4) is 17.2 Å². The minimum absolute atomic E-state index is 0.0797. The molecule has 1 heterocycles. The molecule has 0 aromatic heterocycles. The minimum Gasteiger partial charge on any atom is -0.495 e. The van der Waals surface area contributed by atoms with Crippen LogP contribution in [0, 0.1) is 11.3 Å². The van der Waals surface area contributed by atoms with Crippen molar-refractivity contribution in [3.05, 3.63) is 47.0 Å². The smallest absolute Gasteiger partial charge is 0.228 e. The number of benzene rings is 2. The summed E-state index contributed by atoms with van der Waals surface area (Å²) in [6.07, 6.45) is 3.05. The summed E-state index contributed by atoms with van der Waals surface area (Å²) in [7, 11) is 3.24. The summed E-state index contributed by atoms with van der Waals surface area (Å²) >= 11 is 6.18. The van der Waals surface area contributed by atoms with Crippen LogP contribution in [0.2, 0.25) is 5.02 Å². The Morgan fingerprint density at radius 3 is 2.47 bits per heavy atom. The molecule has 2 aromatic rings. The SMILES string of the molecule is CCOc1cc(CN2CCC3(CC2)C[C@@H]3C(=O)Nc2ccc(OC)c(Cl)c2)ccc1OC. The number of hydrogen-bond acceptors (Lipinski definition) is 5. The molecule has 0 unspecified atom stereocenters. The summed E-state index contributed by atoms with van der Waals surface area (Å²) < 4.78 is 16.3. The Morgan fingerprint density at radius 1 is 1.09 bits per heavy atom. The van der Waals surface area contributed by atoms with Gasteiger partial charge in [-0.05, 0) is 80.6 Å². The van der Waals surface area contributed by atoms with Crippen LogP contribution in [0.3, 0.4) is 0 Å². The van der Waals surface area contributed by atoms with Gasteiger partial charge in [0.1, 0.15) is 5.75 Å². The molecule has 172 valence electrons. The number of piperidine rings is 1. The van der Waals surface area contributed by atoms with Gasteiger partial charge in [-0.25, -0.2) is 0 Å². The number of amides is 1. The fraction of sp³-hybridized carbons (Fsp3) is 0.480. The Kier molecular flexibility index (Phi) is 6.82. The lowest BCUT2D eigenvalue weighted by Gasteiger charge is -2.33. The molecule has 1 saturated carbocycles. The molecule has 1 atom stereocenters. The van der Waals surface area contributed by atoms with Gasteiger partial charge in [-0.1, -0.05) is 17.7 Å². The minimum atomic E-state index is 0.0797. The van der Waals surface area contributed by atoms with Gasteiger partial charge < -0.3 is 19.5 Å². The molecule has 1 aliphatic heterocycles. The number of nitrogens with one attached hydrogen (secondary N) is 1. The number of carbonyl (C=O) groups excluding carboxylic acids is 1. The average molecular weight is 459 g/mol. The Bertz CT molecular complexity index is 972. The molecular formula is C25H31ClN2O4. The second-order valence-corrected chi connectivity index (χ2v) is 9.06. The van der Waals surface area contributed by atoms with E-state index < -0.39 is 0 Å². The van der Waals surface area contributed by atoms with Gasteiger partial charge in [0.15, 0.2) is 11.5 Å². The first kappa shape index (κ1) is 22.7. The lowest BCUT2D eigenvalue weighted by atomic mass is 9.90. The van der Waals surface area contributed by atoms with Gasteiger partial charge in [0, 0.05) is 18.2 Å². The molecule has 1 N–H and O–H groups in total. The van der Waals surface area contributed by atoms with Crippen LogP contribution in [-0.4, -0.2) is 44.7 Å². The third-order valence-electron chi connectivity index (χ3n) is 6.71. The third kappa shape index (κ3) is 4.81. The van der Waals surface area contributed by atoms with E-state index in [0.717, 1.165) is 50.4 Å². The first-order chi connectivity index (χ1) is 15.5. The van der Waals surface area contributed by atoms with Gasteiger partial charge >= 0.3 is 0 Å². The number of methoxy groups -OCH3 is 2. The number of nitrogens with zero attached hydrogens (tertiary/aromatic N) is 1. The number of ether oxygens (including phenoxy) is 3. The number of rotatable bonds is 8. The highest BCUT2D eigenvalue weighted by atomic mass is 35.5. The van der Waals surface area contributed by atoms with E-state index in [2.05, 4.69) is 22.3 Å². The van der Waals surface area contributed by atoms with E-state index in [4.69, 9.17) is 25.8 Å². The quantitative estimate of drug-likeness (QED) is 0.603. The van der Waals surface area contributed by atoms with Crippen molar-refractivity contribution in [2.24, 2.45) is 11.3 Å². The van der Waals surface area contributed by atoms with E-state index in [-0.39, 0.29) is 17.2 Å². The first-order valence-electron chi connectivity index (χ1n) is 11.1. The largest absolute Gasteiger partial charge is 0.495 e. The van der Waals surface area contributed by atoms with Crippen LogP contribution >= 0.6 is 11.6 Å². The fourth-order valence-corrected chi connectivity index (χ4v) is 5.00. The zero-order valence-corrected chi connectivity index (χ0v) is 19.7. The molecule has 2 aliphatic rings. The topological polar surface area (TPSA) is 60.0 Å². The molecule has 2 fully saturated rings. The highest BCUT2D eigenvalue weighted by molar-refractivity contribution is 6.32. The van der Waals surface area contributed by atoms with Gasteiger partial charge in [0.25, 0.3) is 0 Å². The van der Waals surface area contributed by atoms with Gasteiger partial charge in [-0.15, -0.1) is 0 Å². The van der Waals surface area contributed by atoms with Crippen LogP contribution in [0.1, 0.15) is 31.7 Å². The zero-order chi connectivity index (χ0) is 22.7. The van der Waals surface area contributed by atoms with E-state index in [9.17, 15) is 4.79 Å². The summed E-state index contributed by atoms with van der Waals surface area (Å²) in [4.78, 5) is 15.3. The molecule has 1 saturated heterocycles. The molecule has 6 nitrogen and oxygen atoms in total. The molecule has 4 rings (SSSR count). The van der Waals surface area contributed by atoms with Crippen molar-refractivity contribution in [2.75, 3.05) is 39.2 Å². The molecule has 32 heavy (non-hydrogen) atoms. The van der Waals surface area contributed by atoms with E-state index in [0.29, 0.717) is 23.1 Å². The maximum absolute atomic E-state index is 12.8. The fourth-order valence-electron chi connectivity index (χ4n) is 4.75. The van der Waals surface area contributed by atoms with Crippen LogP contribution in [0.15, 0.2) is 36.4 Å². The summed E-state index contributed by atoms with van der Waals surface area (Å²) in [5, 5.41) is 3.52. The summed E-state index contributed by atoms with van der Waals surface area (Å²) in [5.41, 5.74) is 2.07. The summed E-state index contributed by atoms with van der Waals surface area (Å²) in [5.74, 6) is 2.33. The zero-order valence-electron chi connectivity index (χ0n) is 18.9. The van der Waals surface area contributed by atoms with Crippen molar-refractivity contribution >= 4 is 23.2 Å². The average Bonchev–Trinajstić information content (AvgIpc) is 3.50. The molecule has 1 aliphatic carbocycles. The van der Waals surface area contributed by atoms with E-state index in [1.54, 1.807) is 26.4 Å². The normalized spacial score (nSPS) is 19.4. The number of carbonyl (C=O) groups is 1. The number of likely N-dealkylation sites (tertiary alicyclic amines) is 1. The molecule has 1 amide bonds. The second kappa shape index (κ2) is 9.59. The predicted molar refractivity (Wildman–Crippen MR) is 126 cm³/mol. The van der Waals surface area contributed by atoms with Crippen molar-refractivity contribution in [1.82, 2.24) is 4.90 Å². The lowest BCUT2D eigenvalue weighted by molar-refractivity contribution is -0.118. The van der Waals surface area contributed by atoms with Gasteiger partial charge in [0.2, 0.25) is 5.91 Å². The van der Waals surface area contributed by atoms with Crippen LogP contribution in [0.25, 0.3) is 0 Å². The Balaban J connectivity index is 1.30. The molecular weight excluding hydrogens is 428 g/mol. The van der Waals surface area contributed by atoms with E-state index in [1.807, 2.05) is 19.1 Å². The molecule has 1 spiro atoms. The molecule has 2 aromatic carbocycles. The Labute approximate surface area is 194 Å². The summed E-state index contributed by atoms with van der Waals surface area (Å²) in [6.45, 7) is 5.45. The van der Waals surface area contributed by atoms with Gasteiger partial charge in [-0.2, -0.15) is 0 Å². The van der Waals surface area contributed by atoms with Crippen LogP contribution in [-0.2, 0) is 11.3 Å². The molecule has 0 radical (unpaired) electrons. The van der Waals surface area contributed by atoms with Crippen molar-refractivity contribution in [2.45, 2.75) is 32.7 Å². The standard InChI is InChI=1S/C25H31ClN2O4/c1-4-32-23-13-17(5-7-22(23)31-3)16-28-11-9-25(10-12-28)15-19(25)24(29)27-18-6-8-21(30-2)20(26)14-18/h5-8,13-14,19H,4,9-12,15-16H2,1-3H3,(H,27,29)/t19-/m1/s1. The molecule has 0 bridgehead atoms. The predicted octanol–water partition coefficient (Wildman–Crippen LogP) is 5.00. The van der Waals surface area contributed by atoms with Crippen LogP contribution in [0.5, 0.6) is 17.2 Å². The Hall–Kier alpha value is -2.44. The molecule has 7 heteroatoms. The highest BCUT2D eigenvalue weighted by Gasteiger charge is 2.58. The maximum Gasteiger partial charge on any atom is 0.228 e. The van der Waals surface area contributed by atoms with Gasteiger partial charge in [0.05, 0.1) is 25.8 Å². The van der Waals surface area contributed by atoms with Crippen LogP contribution in [0.4, 0.5) is 5.69 Å². The third-order valence-corrected chi connectivity index (χ3v) is 7.01. The van der Waals surface area contributed by atoms with Crippen LogP contribution < -0.4 is 19.5 Å². The van der Waals surface area contributed by atoms with Gasteiger partial charge in [-0.3, -0.25) is 9.69 Å². The monoisotopic (exact) mass is 458 g/mol. The number of halogens is 1. The van der Waals surface area contributed by atoms with Crippen molar-refractivity contribution in [1.29, 1.82) is 0 Å². The summed E-state index contributed by atoms with van der Waals surface area (Å²) in [6, 6.07) is 11.5. The van der Waals surface area contributed by atoms with E-state index >= 15 is 0 Å². The maximum atomic E-state index is 12.8. The number of hydrogen-bond donors (Lipinski definition) is 1. The van der Waals surface area contributed by atoms with Crippen molar-refractivity contribution < 1.29 is 19.0 Å².